The largest absolute Gasteiger partial charge is 0.494 e. The molecule has 0 radical (unpaired) electrons. The van der Waals surface area contributed by atoms with Crippen LogP contribution in [0.25, 0.3) is 0 Å². The van der Waals surface area contributed by atoms with Gasteiger partial charge in [0.15, 0.2) is 5.75 Å². The van der Waals surface area contributed by atoms with Crippen molar-refractivity contribution in [1.82, 2.24) is 4.90 Å². The third-order valence-corrected chi connectivity index (χ3v) is 3.95. The average Bonchev–Trinajstić information content (AvgIpc) is 2.37. The van der Waals surface area contributed by atoms with Crippen LogP contribution in [0.3, 0.4) is 0 Å². The molecule has 0 atom stereocenters. The number of methoxy groups -OCH3 is 1. The van der Waals surface area contributed by atoms with Crippen molar-refractivity contribution in [2.24, 2.45) is 5.14 Å². The van der Waals surface area contributed by atoms with E-state index in [0.29, 0.717) is 13.1 Å². The van der Waals surface area contributed by atoms with E-state index in [4.69, 9.17) is 21.5 Å². The highest BCUT2D eigenvalue weighted by atomic mass is 35.5. The van der Waals surface area contributed by atoms with Gasteiger partial charge < -0.3 is 9.64 Å². The molecule has 0 saturated carbocycles. The molecule has 0 fully saturated rings. The summed E-state index contributed by atoms with van der Waals surface area (Å²) in [6, 6.07) is 2.53. The van der Waals surface area contributed by atoms with Gasteiger partial charge in [-0.1, -0.05) is 11.6 Å². The Morgan fingerprint density at radius 3 is 2.30 bits per heavy atom. The summed E-state index contributed by atoms with van der Waals surface area (Å²) in [6.45, 7) is 4.60. The Balaban J connectivity index is 3.55. The van der Waals surface area contributed by atoms with Gasteiger partial charge in [-0.15, -0.1) is 0 Å². The van der Waals surface area contributed by atoms with Crippen LogP contribution in [0.5, 0.6) is 5.75 Å². The number of nitrogens with two attached hydrogens (primary N) is 1. The van der Waals surface area contributed by atoms with Crippen molar-refractivity contribution in [1.29, 1.82) is 0 Å². The summed E-state index contributed by atoms with van der Waals surface area (Å²) in [5, 5.41) is 5.22. The minimum Gasteiger partial charge on any atom is -0.494 e. The molecule has 112 valence electrons. The van der Waals surface area contributed by atoms with Gasteiger partial charge in [-0.2, -0.15) is 0 Å². The van der Waals surface area contributed by atoms with E-state index in [9.17, 15) is 13.2 Å². The van der Waals surface area contributed by atoms with Crippen LogP contribution in [0.4, 0.5) is 0 Å². The highest BCUT2D eigenvalue weighted by molar-refractivity contribution is 7.89. The Bertz CT molecular complexity index is 612. The van der Waals surface area contributed by atoms with Crippen molar-refractivity contribution in [3.8, 4) is 5.75 Å². The second-order valence-electron chi connectivity index (χ2n) is 4.01. The van der Waals surface area contributed by atoms with Crippen LogP contribution in [0.1, 0.15) is 24.2 Å². The number of nitrogens with zero attached hydrogens (tertiary/aromatic N) is 1. The monoisotopic (exact) mass is 320 g/mol. The lowest BCUT2D eigenvalue weighted by Crippen LogP contribution is -2.31. The normalized spacial score (nSPS) is 11.2. The molecular weight excluding hydrogens is 304 g/mol. The van der Waals surface area contributed by atoms with Crippen molar-refractivity contribution in [2.75, 3.05) is 20.2 Å². The second kappa shape index (κ2) is 6.43. The van der Waals surface area contributed by atoms with Crippen molar-refractivity contribution < 1.29 is 17.9 Å². The molecule has 0 aromatic heterocycles. The summed E-state index contributed by atoms with van der Waals surface area (Å²) in [7, 11) is -2.77. The number of sulfonamides is 1. The van der Waals surface area contributed by atoms with Gasteiger partial charge in [0.05, 0.1) is 12.7 Å². The molecule has 1 rings (SSSR count). The van der Waals surface area contributed by atoms with E-state index >= 15 is 0 Å². The first-order valence-corrected chi connectivity index (χ1v) is 7.88. The van der Waals surface area contributed by atoms with E-state index in [2.05, 4.69) is 0 Å². The highest BCUT2D eigenvalue weighted by Crippen LogP contribution is 2.31. The molecule has 0 spiro atoms. The van der Waals surface area contributed by atoms with Gasteiger partial charge >= 0.3 is 0 Å². The maximum atomic E-state index is 12.4. The molecule has 0 heterocycles. The van der Waals surface area contributed by atoms with Crippen molar-refractivity contribution in [3.05, 3.63) is 22.7 Å². The Hall–Kier alpha value is -1.31. The number of amides is 1. The lowest BCUT2D eigenvalue weighted by molar-refractivity contribution is 0.0769. The predicted molar refractivity (Wildman–Crippen MR) is 76.6 cm³/mol. The fraction of sp³-hybridized carbons (Fsp3) is 0.417. The van der Waals surface area contributed by atoms with Gasteiger partial charge in [0, 0.05) is 18.1 Å². The smallest absolute Gasteiger partial charge is 0.257 e. The molecule has 0 aliphatic heterocycles. The van der Waals surface area contributed by atoms with Crippen LogP contribution in [-0.4, -0.2) is 39.4 Å². The predicted octanol–water partition coefficient (Wildman–Crippen LogP) is 1.48. The zero-order chi connectivity index (χ0) is 15.5. The first-order valence-electron chi connectivity index (χ1n) is 5.95. The molecule has 8 heteroatoms. The van der Waals surface area contributed by atoms with Gasteiger partial charge in [-0.05, 0) is 26.0 Å². The lowest BCUT2D eigenvalue weighted by atomic mass is 10.1. The zero-order valence-electron chi connectivity index (χ0n) is 11.5. The van der Waals surface area contributed by atoms with Gasteiger partial charge in [-0.25, -0.2) is 13.6 Å². The van der Waals surface area contributed by atoms with Crippen LogP contribution in [0.2, 0.25) is 5.02 Å². The average molecular weight is 321 g/mol. The number of rotatable bonds is 5. The molecule has 0 bridgehead atoms. The van der Waals surface area contributed by atoms with Gasteiger partial charge in [-0.3, -0.25) is 4.79 Å². The van der Waals surface area contributed by atoms with E-state index in [1.54, 1.807) is 0 Å². The van der Waals surface area contributed by atoms with E-state index in [1.807, 2.05) is 13.8 Å². The molecule has 0 unspecified atom stereocenters. The lowest BCUT2D eigenvalue weighted by Gasteiger charge is -2.21. The first kappa shape index (κ1) is 16.7. The number of ether oxygens (including phenoxy) is 1. The summed E-state index contributed by atoms with van der Waals surface area (Å²) in [4.78, 5) is 13.6. The minimum absolute atomic E-state index is 0.0766. The van der Waals surface area contributed by atoms with E-state index < -0.39 is 10.0 Å². The molecule has 1 aromatic rings. The summed E-state index contributed by atoms with van der Waals surface area (Å²) in [5.74, 6) is -0.451. The van der Waals surface area contributed by atoms with E-state index in [-0.39, 0.29) is 27.1 Å². The molecule has 6 nitrogen and oxygen atoms in total. The second-order valence-corrected chi connectivity index (χ2v) is 5.97. The number of hydrogen-bond acceptors (Lipinski definition) is 4. The summed E-state index contributed by atoms with van der Waals surface area (Å²) >= 11 is 5.87. The Kier molecular flexibility index (Phi) is 5.38. The Morgan fingerprint density at radius 2 is 1.90 bits per heavy atom. The number of primary sulfonamides is 1. The molecular formula is C12H17ClN2O4S. The SMILES string of the molecule is CCN(CC)C(=O)c1cc(Cl)cc(S(N)(=O)=O)c1OC. The molecule has 1 aromatic carbocycles. The first-order chi connectivity index (χ1) is 9.26. The van der Waals surface area contributed by atoms with Gasteiger partial charge in [0.25, 0.3) is 5.91 Å². The van der Waals surface area contributed by atoms with Crippen LogP contribution in [-0.2, 0) is 10.0 Å². The molecule has 1 amide bonds. The fourth-order valence-corrected chi connectivity index (χ4v) is 2.86. The van der Waals surface area contributed by atoms with E-state index in [0.717, 1.165) is 6.07 Å². The molecule has 20 heavy (non-hydrogen) atoms. The number of carbonyl (C=O) groups excluding carboxylic acids is 1. The maximum absolute atomic E-state index is 12.4. The number of benzene rings is 1. The highest BCUT2D eigenvalue weighted by Gasteiger charge is 2.25. The number of carbonyl (C=O) groups is 1. The molecule has 0 aliphatic rings. The molecule has 2 N–H and O–H groups in total. The van der Waals surface area contributed by atoms with Gasteiger partial charge in [0.1, 0.15) is 4.90 Å². The number of hydrogen-bond donors (Lipinski definition) is 1. The fourth-order valence-electron chi connectivity index (χ4n) is 1.83. The van der Waals surface area contributed by atoms with Crippen molar-refractivity contribution in [3.63, 3.8) is 0 Å². The van der Waals surface area contributed by atoms with E-state index in [1.165, 1.54) is 18.1 Å². The Morgan fingerprint density at radius 1 is 1.35 bits per heavy atom. The quantitative estimate of drug-likeness (QED) is 0.889. The minimum atomic E-state index is -4.04. The summed E-state index contributed by atoms with van der Waals surface area (Å²) in [6.07, 6.45) is 0. The summed E-state index contributed by atoms with van der Waals surface area (Å²) < 4.78 is 28.2. The third-order valence-electron chi connectivity index (χ3n) is 2.81. The topological polar surface area (TPSA) is 89.7 Å². The summed E-state index contributed by atoms with van der Waals surface area (Å²) in [5.41, 5.74) is 0.0766. The standard InChI is InChI=1S/C12H17ClN2O4S/c1-4-15(5-2)12(16)9-6-8(13)7-10(11(9)19-3)20(14,17)18/h6-7H,4-5H2,1-3H3,(H2,14,17,18). The zero-order valence-corrected chi connectivity index (χ0v) is 13.1. The van der Waals surface area contributed by atoms with Crippen molar-refractivity contribution in [2.45, 2.75) is 18.7 Å². The van der Waals surface area contributed by atoms with Crippen LogP contribution < -0.4 is 9.88 Å². The van der Waals surface area contributed by atoms with Crippen LogP contribution >= 0.6 is 11.6 Å². The van der Waals surface area contributed by atoms with Crippen molar-refractivity contribution >= 4 is 27.5 Å². The Labute approximate surface area is 123 Å². The van der Waals surface area contributed by atoms with Crippen LogP contribution in [0.15, 0.2) is 17.0 Å². The van der Waals surface area contributed by atoms with Crippen LogP contribution in [0, 0.1) is 0 Å². The molecule has 0 aliphatic carbocycles. The maximum Gasteiger partial charge on any atom is 0.257 e. The third kappa shape index (κ3) is 3.41. The van der Waals surface area contributed by atoms with Gasteiger partial charge in [0.2, 0.25) is 10.0 Å². The molecule has 0 saturated heterocycles. The number of halogens is 1.